The molecule has 0 aliphatic carbocycles. The molecule has 56 heavy (non-hydrogen) atoms. The maximum absolute atomic E-state index is 2.54. The SMILES string of the molecule is CC1(C)c2ccccc2N2c3cccc(c3)N(c3ccccc3)c3ccc4c(c3)N(c3ccc1c2c3)c1cccc2c1B4c1ccccc1N2c1ccccc1. The van der Waals surface area contributed by atoms with E-state index >= 15 is 0 Å². The number of rotatable bonds is 2. The Balaban J connectivity index is 1.20. The minimum absolute atomic E-state index is 0.0546. The Kier molecular flexibility index (Phi) is 6.45. The Morgan fingerprint density at radius 3 is 1.55 bits per heavy atom. The number of anilines is 12. The van der Waals surface area contributed by atoms with Gasteiger partial charge in [-0.2, -0.15) is 0 Å². The zero-order valence-corrected chi connectivity index (χ0v) is 31.3. The molecule has 0 fully saturated rings. The Morgan fingerprint density at radius 2 is 0.786 bits per heavy atom. The van der Waals surface area contributed by atoms with Crippen molar-refractivity contribution in [3.63, 3.8) is 0 Å². The van der Waals surface area contributed by atoms with Crippen LogP contribution in [0.1, 0.15) is 25.0 Å². The minimum Gasteiger partial charge on any atom is -0.311 e. The van der Waals surface area contributed by atoms with Crippen LogP contribution in [0.4, 0.5) is 68.2 Å². The van der Waals surface area contributed by atoms with Crippen LogP contribution in [0.2, 0.25) is 0 Å². The summed E-state index contributed by atoms with van der Waals surface area (Å²) < 4.78 is 0. The number of fused-ring (bicyclic) bond motifs is 12. The molecule has 0 N–H and O–H groups in total. The molecule has 4 heterocycles. The van der Waals surface area contributed by atoms with Crippen molar-refractivity contribution in [1.29, 1.82) is 0 Å². The van der Waals surface area contributed by atoms with Gasteiger partial charge in [-0.1, -0.05) is 111 Å². The molecule has 8 aromatic rings. The monoisotopic (exact) mass is 716 g/mol. The number of hydrogen-bond acceptors (Lipinski definition) is 4. The molecule has 0 aromatic heterocycles. The van der Waals surface area contributed by atoms with E-state index in [1.807, 2.05) is 0 Å². The molecule has 0 amide bonds. The van der Waals surface area contributed by atoms with Crippen LogP contribution in [0.15, 0.2) is 188 Å². The van der Waals surface area contributed by atoms with Crippen molar-refractivity contribution >= 4 is 91.3 Å². The van der Waals surface area contributed by atoms with Gasteiger partial charge in [-0.25, -0.2) is 0 Å². The maximum atomic E-state index is 2.54. The van der Waals surface area contributed by atoms with Gasteiger partial charge in [0, 0.05) is 62.3 Å². The van der Waals surface area contributed by atoms with Crippen LogP contribution in [0, 0.1) is 0 Å². The Labute approximate surface area is 328 Å². The summed E-state index contributed by atoms with van der Waals surface area (Å²) in [6.45, 7) is 4.79. The predicted octanol–water partition coefficient (Wildman–Crippen LogP) is 11.7. The summed E-state index contributed by atoms with van der Waals surface area (Å²) in [6.07, 6.45) is 0. The molecule has 264 valence electrons. The van der Waals surface area contributed by atoms with Crippen molar-refractivity contribution in [1.82, 2.24) is 0 Å². The topological polar surface area (TPSA) is 13.0 Å². The third kappa shape index (κ3) is 4.25. The fraction of sp³-hybridized carbons (Fsp3) is 0.0588. The summed E-state index contributed by atoms with van der Waals surface area (Å²) in [4.78, 5) is 9.90. The second-order valence-electron chi connectivity index (χ2n) is 15.8. The highest BCUT2D eigenvalue weighted by Gasteiger charge is 2.44. The standard InChI is InChI=1S/C51H37BN4/c1-51(2)40-21-9-11-23-44(40)55-37-20-13-19-36(31-37)53(34-15-5-3-6-16-34)38-28-30-43-49(33-38)56(39-27-29-41(51)48(55)32-39)47-26-14-25-46-50(47)52(43)42-22-10-12-24-45(42)54(46)35-17-7-4-8-18-35/h3-33H,1-2H3. The lowest BCUT2D eigenvalue weighted by atomic mass is 9.33. The van der Waals surface area contributed by atoms with Gasteiger partial charge < -0.3 is 19.6 Å². The van der Waals surface area contributed by atoms with Gasteiger partial charge in [-0.05, 0) is 119 Å². The average Bonchev–Trinajstić information content (AvgIpc) is 3.24. The Bertz CT molecular complexity index is 2890. The smallest absolute Gasteiger partial charge is 0.252 e. The molecular weight excluding hydrogens is 679 g/mol. The fourth-order valence-corrected chi connectivity index (χ4v) is 10.1. The highest BCUT2D eigenvalue weighted by molar-refractivity contribution is 7.00. The average molecular weight is 717 g/mol. The van der Waals surface area contributed by atoms with Crippen LogP contribution in [-0.4, -0.2) is 6.71 Å². The zero-order chi connectivity index (χ0) is 37.1. The van der Waals surface area contributed by atoms with E-state index < -0.39 is 0 Å². The van der Waals surface area contributed by atoms with Gasteiger partial charge in [0.25, 0.3) is 6.71 Å². The summed E-state index contributed by atoms with van der Waals surface area (Å²) in [5.41, 5.74) is 20.4. The van der Waals surface area contributed by atoms with Crippen molar-refractivity contribution in [3.05, 3.63) is 199 Å². The van der Waals surface area contributed by atoms with Crippen molar-refractivity contribution < 1.29 is 0 Å². The second-order valence-corrected chi connectivity index (χ2v) is 15.8. The van der Waals surface area contributed by atoms with Crippen molar-refractivity contribution in [2.24, 2.45) is 0 Å². The van der Waals surface area contributed by atoms with E-state index in [-0.39, 0.29) is 12.1 Å². The van der Waals surface area contributed by atoms with Crippen LogP contribution >= 0.6 is 0 Å². The zero-order valence-electron chi connectivity index (χ0n) is 31.3. The summed E-state index contributed by atoms with van der Waals surface area (Å²) >= 11 is 0. The maximum Gasteiger partial charge on any atom is 0.252 e. The Morgan fingerprint density at radius 1 is 0.321 bits per heavy atom. The molecule has 5 heteroatoms. The van der Waals surface area contributed by atoms with Crippen molar-refractivity contribution in [3.8, 4) is 0 Å². The third-order valence-electron chi connectivity index (χ3n) is 12.5. The lowest BCUT2D eigenvalue weighted by Crippen LogP contribution is -2.61. The van der Waals surface area contributed by atoms with E-state index in [1.165, 1.54) is 61.6 Å². The highest BCUT2D eigenvalue weighted by Crippen LogP contribution is 2.55. The van der Waals surface area contributed by atoms with Crippen LogP contribution in [0.3, 0.4) is 0 Å². The van der Waals surface area contributed by atoms with Gasteiger partial charge in [0.1, 0.15) is 0 Å². The normalized spacial score (nSPS) is 14.9. The summed E-state index contributed by atoms with van der Waals surface area (Å²) in [5, 5.41) is 0. The molecule has 0 unspecified atom stereocenters. The minimum atomic E-state index is -0.199. The second kappa shape index (κ2) is 11.5. The molecule has 0 saturated heterocycles. The number of para-hydroxylation sites is 4. The molecule has 0 saturated carbocycles. The summed E-state index contributed by atoms with van der Waals surface area (Å²) in [7, 11) is 0. The van der Waals surface area contributed by atoms with Crippen LogP contribution < -0.4 is 36.0 Å². The van der Waals surface area contributed by atoms with E-state index in [2.05, 4.69) is 222 Å². The Hall–Kier alpha value is -6.98. The van der Waals surface area contributed by atoms with Gasteiger partial charge in [-0.3, -0.25) is 0 Å². The molecule has 0 radical (unpaired) electrons. The van der Waals surface area contributed by atoms with E-state index in [0.717, 1.165) is 34.1 Å². The van der Waals surface area contributed by atoms with Gasteiger partial charge in [0.05, 0.1) is 11.4 Å². The molecule has 0 atom stereocenters. The van der Waals surface area contributed by atoms with Crippen LogP contribution in [0.25, 0.3) is 0 Å². The van der Waals surface area contributed by atoms with Gasteiger partial charge in [0.15, 0.2) is 0 Å². The first kappa shape index (κ1) is 31.4. The van der Waals surface area contributed by atoms with Gasteiger partial charge in [-0.15, -0.1) is 0 Å². The van der Waals surface area contributed by atoms with Crippen molar-refractivity contribution in [2.45, 2.75) is 19.3 Å². The number of hydrogen-bond donors (Lipinski definition) is 0. The predicted molar refractivity (Wildman–Crippen MR) is 236 cm³/mol. The van der Waals surface area contributed by atoms with Crippen LogP contribution in [0.5, 0.6) is 0 Å². The van der Waals surface area contributed by atoms with E-state index in [9.17, 15) is 0 Å². The first-order valence-electron chi connectivity index (χ1n) is 19.6. The number of nitrogens with zero attached hydrogens (tertiary/aromatic N) is 4. The molecule has 4 aliphatic rings. The van der Waals surface area contributed by atoms with Gasteiger partial charge >= 0.3 is 0 Å². The molecular formula is C51H37BN4. The van der Waals surface area contributed by atoms with E-state index in [1.54, 1.807) is 0 Å². The molecule has 12 rings (SSSR count). The third-order valence-corrected chi connectivity index (χ3v) is 12.5. The number of benzene rings is 8. The quantitative estimate of drug-likeness (QED) is 0.165. The van der Waals surface area contributed by atoms with Crippen molar-refractivity contribution in [2.75, 3.05) is 19.6 Å². The largest absolute Gasteiger partial charge is 0.311 e. The summed E-state index contributed by atoms with van der Waals surface area (Å²) in [6, 6.07) is 69.8. The first-order chi connectivity index (χ1) is 27.6. The first-order valence-corrected chi connectivity index (χ1v) is 19.6. The molecule has 6 bridgehead atoms. The van der Waals surface area contributed by atoms with E-state index in [4.69, 9.17) is 0 Å². The molecule has 0 spiro atoms. The summed E-state index contributed by atoms with van der Waals surface area (Å²) in [5.74, 6) is 0. The molecule has 4 nitrogen and oxygen atoms in total. The van der Waals surface area contributed by atoms with E-state index in [0.29, 0.717) is 0 Å². The van der Waals surface area contributed by atoms with Gasteiger partial charge in [0.2, 0.25) is 0 Å². The lowest BCUT2D eigenvalue weighted by Gasteiger charge is -2.46. The highest BCUT2D eigenvalue weighted by atomic mass is 15.2. The molecule has 4 aliphatic heterocycles. The van der Waals surface area contributed by atoms with Crippen LogP contribution in [-0.2, 0) is 5.41 Å². The molecule has 8 aromatic carbocycles. The fourth-order valence-electron chi connectivity index (χ4n) is 10.1. The lowest BCUT2D eigenvalue weighted by molar-refractivity contribution is 0.632.